The second-order valence-corrected chi connectivity index (χ2v) is 14.5. The first-order valence-corrected chi connectivity index (χ1v) is 19.4. The number of anilines is 3. The zero-order valence-electron chi connectivity index (χ0n) is 31.1. The molecule has 0 bridgehead atoms. The second-order valence-electron chi connectivity index (χ2n) is 14.5. The van der Waals surface area contributed by atoms with Gasteiger partial charge < -0.3 is 13.9 Å². The molecule has 9 aromatic carbocycles. The first-order chi connectivity index (χ1) is 28.3. The topological polar surface area (TPSA) is 21.3 Å². The summed E-state index contributed by atoms with van der Waals surface area (Å²) in [6.45, 7) is 0. The van der Waals surface area contributed by atoms with Gasteiger partial charge in [-0.25, -0.2) is 0 Å². The molecule has 2 heterocycles. The third kappa shape index (κ3) is 5.60. The van der Waals surface area contributed by atoms with Crippen molar-refractivity contribution in [1.82, 2.24) is 4.57 Å². The molecule has 0 N–H and O–H groups in total. The van der Waals surface area contributed by atoms with Crippen LogP contribution in [0, 0.1) is 0 Å². The van der Waals surface area contributed by atoms with E-state index in [4.69, 9.17) is 4.42 Å². The molecule has 0 saturated heterocycles. The van der Waals surface area contributed by atoms with Gasteiger partial charge in [-0.2, -0.15) is 0 Å². The van der Waals surface area contributed by atoms with E-state index in [1.165, 1.54) is 38.5 Å². The van der Waals surface area contributed by atoms with Crippen LogP contribution in [0.4, 0.5) is 17.1 Å². The van der Waals surface area contributed by atoms with Crippen LogP contribution in [-0.4, -0.2) is 4.57 Å². The van der Waals surface area contributed by atoms with Crippen LogP contribution in [0.2, 0.25) is 0 Å². The van der Waals surface area contributed by atoms with Crippen molar-refractivity contribution in [2.75, 3.05) is 4.90 Å². The Bertz CT molecular complexity index is 3190. The van der Waals surface area contributed by atoms with Crippen LogP contribution in [0.5, 0.6) is 0 Å². The van der Waals surface area contributed by atoms with Gasteiger partial charge in [-0.05, 0) is 101 Å². The van der Waals surface area contributed by atoms with Crippen LogP contribution in [-0.2, 0) is 0 Å². The van der Waals surface area contributed by atoms with E-state index in [1.807, 2.05) is 12.1 Å². The second kappa shape index (κ2) is 13.6. The summed E-state index contributed by atoms with van der Waals surface area (Å²) in [7, 11) is 0. The molecule has 0 radical (unpaired) electrons. The molecule has 0 atom stereocenters. The lowest BCUT2D eigenvalue weighted by Crippen LogP contribution is -2.11. The van der Waals surface area contributed by atoms with E-state index >= 15 is 0 Å². The van der Waals surface area contributed by atoms with Crippen molar-refractivity contribution in [1.29, 1.82) is 0 Å². The molecular formula is C54H36N2O. The highest BCUT2D eigenvalue weighted by atomic mass is 16.3. The first-order valence-electron chi connectivity index (χ1n) is 19.4. The lowest BCUT2D eigenvalue weighted by Gasteiger charge is -2.28. The number of rotatable bonds is 7. The van der Waals surface area contributed by atoms with E-state index in [0.717, 1.165) is 61.4 Å². The number of furan rings is 1. The fourth-order valence-electron chi connectivity index (χ4n) is 8.61. The number of fused-ring (bicyclic) bond motifs is 6. The van der Waals surface area contributed by atoms with Gasteiger partial charge in [0.15, 0.2) is 0 Å². The smallest absolute Gasteiger partial charge is 0.136 e. The van der Waals surface area contributed by atoms with Crippen LogP contribution in [0.3, 0.4) is 0 Å². The molecule has 0 fully saturated rings. The number of aromatic nitrogens is 1. The van der Waals surface area contributed by atoms with E-state index in [0.29, 0.717) is 0 Å². The van der Waals surface area contributed by atoms with Crippen molar-refractivity contribution in [3.63, 3.8) is 0 Å². The lowest BCUT2D eigenvalue weighted by atomic mass is 9.96. The molecule has 268 valence electrons. The molecule has 3 nitrogen and oxygen atoms in total. The largest absolute Gasteiger partial charge is 0.456 e. The zero-order valence-corrected chi connectivity index (χ0v) is 31.1. The average Bonchev–Trinajstić information content (AvgIpc) is 3.84. The average molecular weight is 729 g/mol. The summed E-state index contributed by atoms with van der Waals surface area (Å²) >= 11 is 0. The van der Waals surface area contributed by atoms with Crippen molar-refractivity contribution in [2.24, 2.45) is 0 Å². The Kier molecular flexibility index (Phi) is 7.82. The third-order valence-corrected chi connectivity index (χ3v) is 11.2. The summed E-state index contributed by atoms with van der Waals surface area (Å²) in [6, 6.07) is 78.1. The van der Waals surface area contributed by atoms with Gasteiger partial charge in [-0.1, -0.05) is 146 Å². The van der Waals surface area contributed by atoms with Crippen LogP contribution in [0.25, 0.3) is 82.8 Å². The molecule has 11 rings (SSSR count). The molecule has 0 spiro atoms. The molecule has 57 heavy (non-hydrogen) atoms. The Morgan fingerprint density at radius 3 is 1.67 bits per heavy atom. The normalized spacial score (nSPS) is 11.5. The minimum absolute atomic E-state index is 0.889. The fraction of sp³-hybridized carbons (Fsp3) is 0. The van der Waals surface area contributed by atoms with E-state index in [9.17, 15) is 0 Å². The van der Waals surface area contributed by atoms with Gasteiger partial charge in [0.2, 0.25) is 0 Å². The van der Waals surface area contributed by atoms with Crippen molar-refractivity contribution >= 4 is 60.8 Å². The van der Waals surface area contributed by atoms with Crippen LogP contribution < -0.4 is 4.90 Å². The zero-order chi connectivity index (χ0) is 37.7. The van der Waals surface area contributed by atoms with Gasteiger partial charge >= 0.3 is 0 Å². The standard InChI is InChI=1S/C54H36N2O/c1-2-18-41(19-3-1)55(49-26-8-6-23-46(49)47-25-14-30-53-54(47)48-24-7-11-29-52(48)57-53)42-33-31-37(32-34-42)38-15-12-16-39(35-38)40-17-13-20-43(36-40)56-50-27-9-4-21-44(50)45-22-5-10-28-51(45)56/h1-36H. The summed E-state index contributed by atoms with van der Waals surface area (Å²) < 4.78 is 8.69. The highest BCUT2D eigenvalue weighted by molar-refractivity contribution is 6.14. The number of benzene rings is 9. The molecular weight excluding hydrogens is 693 g/mol. The number of hydrogen-bond acceptors (Lipinski definition) is 2. The minimum atomic E-state index is 0.889. The van der Waals surface area contributed by atoms with Gasteiger partial charge in [0.05, 0.1) is 16.7 Å². The molecule has 2 aromatic heterocycles. The van der Waals surface area contributed by atoms with Crippen molar-refractivity contribution < 1.29 is 4.42 Å². The number of para-hydroxylation sites is 5. The number of hydrogen-bond donors (Lipinski definition) is 0. The molecule has 0 amide bonds. The number of nitrogens with zero attached hydrogens (tertiary/aromatic N) is 2. The minimum Gasteiger partial charge on any atom is -0.456 e. The fourth-order valence-corrected chi connectivity index (χ4v) is 8.61. The lowest BCUT2D eigenvalue weighted by molar-refractivity contribution is 0.669. The Balaban J connectivity index is 0.976. The molecule has 0 unspecified atom stereocenters. The molecule has 0 aliphatic heterocycles. The monoisotopic (exact) mass is 728 g/mol. The predicted molar refractivity (Wildman–Crippen MR) is 239 cm³/mol. The summed E-state index contributed by atoms with van der Waals surface area (Å²) in [6.07, 6.45) is 0. The van der Waals surface area contributed by atoms with Crippen LogP contribution >= 0.6 is 0 Å². The maximum Gasteiger partial charge on any atom is 0.136 e. The maximum atomic E-state index is 6.31. The van der Waals surface area contributed by atoms with E-state index in [-0.39, 0.29) is 0 Å². The summed E-state index contributed by atoms with van der Waals surface area (Å²) in [4.78, 5) is 2.36. The molecule has 0 aliphatic rings. The highest BCUT2D eigenvalue weighted by Crippen LogP contribution is 2.45. The maximum absolute atomic E-state index is 6.31. The Hall–Kier alpha value is -7.62. The van der Waals surface area contributed by atoms with Gasteiger partial charge in [0, 0.05) is 44.2 Å². The van der Waals surface area contributed by atoms with Gasteiger partial charge in [-0.3, -0.25) is 0 Å². The molecule has 0 saturated carbocycles. The van der Waals surface area contributed by atoms with Crippen LogP contribution in [0.1, 0.15) is 0 Å². The summed E-state index contributed by atoms with van der Waals surface area (Å²) in [5, 5.41) is 4.78. The van der Waals surface area contributed by atoms with E-state index < -0.39 is 0 Å². The predicted octanol–water partition coefficient (Wildman–Crippen LogP) is 15.2. The summed E-state index contributed by atoms with van der Waals surface area (Å²) in [5.41, 5.74) is 15.6. The SMILES string of the molecule is c1ccc(N(c2ccc(-c3cccc(-c4cccc(-n5c6ccccc6c6ccccc65)c4)c3)cc2)c2ccccc2-c2cccc3oc4ccccc4c23)cc1. The molecule has 0 aliphatic carbocycles. The molecule has 3 heteroatoms. The first kappa shape index (κ1) is 32.8. The van der Waals surface area contributed by atoms with Crippen molar-refractivity contribution in [3.05, 3.63) is 218 Å². The quantitative estimate of drug-likeness (QED) is 0.163. The van der Waals surface area contributed by atoms with Crippen LogP contribution in [0.15, 0.2) is 223 Å². The van der Waals surface area contributed by atoms with Gasteiger partial charge in [0.25, 0.3) is 0 Å². The van der Waals surface area contributed by atoms with Gasteiger partial charge in [0.1, 0.15) is 11.2 Å². The highest BCUT2D eigenvalue weighted by Gasteiger charge is 2.20. The third-order valence-electron chi connectivity index (χ3n) is 11.2. The summed E-state index contributed by atoms with van der Waals surface area (Å²) in [5.74, 6) is 0. The van der Waals surface area contributed by atoms with Gasteiger partial charge in [-0.15, -0.1) is 0 Å². The Morgan fingerprint density at radius 2 is 0.895 bits per heavy atom. The Morgan fingerprint density at radius 1 is 0.351 bits per heavy atom. The van der Waals surface area contributed by atoms with E-state index in [1.54, 1.807) is 0 Å². The van der Waals surface area contributed by atoms with E-state index in [2.05, 4.69) is 216 Å². The van der Waals surface area contributed by atoms with Crippen molar-refractivity contribution in [3.8, 4) is 39.1 Å². The van der Waals surface area contributed by atoms with Crippen molar-refractivity contribution in [2.45, 2.75) is 0 Å². The molecule has 11 aromatic rings. The Labute approximate surface area is 330 Å².